The number of ether oxygens (including phenoxy) is 4. The molecule has 1 aromatic rings. The van der Waals surface area contributed by atoms with E-state index in [0.29, 0.717) is 5.56 Å². The summed E-state index contributed by atoms with van der Waals surface area (Å²) in [5.74, 6) is -2.10. The van der Waals surface area contributed by atoms with Crippen molar-refractivity contribution in [3.05, 3.63) is 23.8 Å². The molecule has 0 spiro atoms. The van der Waals surface area contributed by atoms with Gasteiger partial charge in [0.1, 0.15) is 18.8 Å². The molecule has 0 amide bonds. The van der Waals surface area contributed by atoms with Crippen molar-refractivity contribution in [3.8, 4) is 11.5 Å². The molecule has 1 rings (SSSR count). The van der Waals surface area contributed by atoms with Crippen LogP contribution in [0.3, 0.4) is 0 Å². The van der Waals surface area contributed by atoms with Gasteiger partial charge in [0.05, 0.1) is 0 Å². The molecule has 0 saturated carbocycles. The highest BCUT2D eigenvalue weighted by molar-refractivity contribution is 5.76. The van der Waals surface area contributed by atoms with Gasteiger partial charge in [-0.05, 0) is 31.0 Å². The Morgan fingerprint density at radius 3 is 2.21 bits per heavy atom. The predicted octanol–water partition coefficient (Wildman–Crippen LogP) is 1.29. The van der Waals surface area contributed by atoms with Gasteiger partial charge < -0.3 is 24.7 Å². The highest BCUT2D eigenvalue weighted by atomic mass is 16.6. The molecule has 0 unspecified atom stereocenters. The Labute approximate surface area is 163 Å². The molecule has 0 aromatic heterocycles. The van der Waals surface area contributed by atoms with Gasteiger partial charge in [-0.3, -0.25) is 19.2 Å². The molecular weight excluding hydrogens is 370 g/mol. The summed E-state index contributed by atoms with van der Waals surface area (Å²) in [4.78, 5) is 45.6. The van der Waals surface area contributed by atoms with Gasteiger partial charge in [0.2, 0.25) is 0 Å². The number of carbonyl (C=O) groups excluding carboxylic acids is 4. The van der Waals surface area contributed by atoms with Gasteiger partial charge in [-0.2, -0.15) is 0 Å². The van der Waals surface area contributed by atoms with Crippen molar-refractivity contribution in [1.82, 2.24) is 0 Å². The molecule has 9 heteroatoms. The van der Waals surface area contributed by atoms with Crippen molar-refractivity contribution >= 4 is 23.9 Å². The Balaban J connectivity index is 2.72. The van der Waals surface area contributed by atoms with E-state index in [1.54, 1.807) is 19.9 Å². The van der Waals surface area contributed by atoms with Gasteiger partial charge in [-0.15, -0.1) is 0 Å². The Morgan fingerprint density at radius 1 is 1.04 bits per heavy atom. The van der Waals surface area contributed by atoms with E-state index < -0.39 is 36.0 Å². The number of nitrogens with two attached hydrogens (primary N) is 1. The lowest BCUT2D eigenvalue weighted by Gasteiger charge is -2.16. The summed E-state index contributed by atoms with van der Waals surface area (Å²) >= 11 is 0. The van der Waals surface area contributed by atoms with E-state index >= 15 is 0 Å². The van der Waals surface area contributed by atoms with Crippen LogP contribution in [0.25, 0.3) is 0 Å². The minimum atomic E-state index is -0.987. The van der Waals surface area contributed by atoms with E-state index in [4.69, 9.17) is 24.7 Å². The Kier molecular flexibility index (Phi) is 9.10. The van der Waals surface area contributed by atoms with E-state index in [0.717, 1.165) is 0 Å². The summed E-state index contributed by atoms with van der Waals surface area (Å²) in [6, 6.07) is 3.50. The molecule has 0 saturated heterocycles. The highest BCUT2D eigenvalue weighted by Gasteiger charge is 2.19. The van der Waals surface area contributed by atoms with E-state index in [1.165, 1.54) is 26.0 Å². The van der Waals surface area contributed by atoms with Gasteiger partial charge in [-0.1, -0.05) is 13.0 Å². The molecule has 154 valence electrons. The van der Waals surface area contributed by atoms with E-state index in [1.807, 2.05) is 0 Å². The minimum Gasteiger partial charge on any atom is -0.461 e. The summed E-state index contributed by atoms with van der Waals surface area (Å²) in [5, 5.41) is 0. The van der Waals surface area contributed by atoms with Crippen molar-refractivity contribution in [2.45, 2.75) is 52.7 Å². The number of hydrogen-bond acceptors (Lipinski definition) is 9. The van der Waals surface area contributed by atoms with E-state index in [-0.39, 0.29) is 30.9 Å². The maximum atomic E-state index is 12.0. The standard InChI is InChI=1S/C19H25NO8/c1-5-18(23)26-11(2)10-25-19(24)15(20)8-14-6-7-16(27-12(3)21)17(9-14)28-13(4)22/h6-7,9,11,15H,5,8,10,20H2,1-4H3/t11-,15-/m0/s1. The van der Waals surface area contributed by atoms with Crippen LogP contribution < -0.4 is 15.2 Å². The molecule has 0 aliphatic heterocycles. The van der Waals surface area contributed by atoms with Crippen LogP contribution in [0.5, 0.6) is 11.5 Å². The molecule has 9 nitrogen and oxygen atoms in total. The van der Waals surface area contributed by atoms with Gasteiger partial charge in [0.25, 0.3) is 0 Å². The average molecular weight is 395 g/mol. The third-order valence-electron chi connectivity index (χ3n) is 3.36. The monoisotopic (exact) mass is 395 g/mol. The van der Waals surface area contributed by atoms with Crippen molar-refractivity contribution in [1.29, 1.82) is 0 Å². The van der Waals surface area contributed by atoms with Crippen LogP contribution in [-0.2, 0) is 35.1 Å². The Hall–Kier alpha value is -2.94. The summed E-state index contributed by atoms with van der Waals surface area (Å²) in [7, 11) is 0. The van der Waals surface area contributed by atoms with Crippen molar-refractivity contribution in [2.75, 3.05) is 6.61 Å². The van der Waals surface area contributed by atoms with Crippen LogP contribution in [0, 0.1) is 0 Å². The maximum Gasteiger partial charge on any atom is 0.323 e. The molecule has 28 heavy (non-hydrogen) atoms. The smallest absolute Gasteiger partial charge is 0.323 e. The normalized spacial score (nSPS) is 12.5. The second-order valence-corrected chi connectivity index (χ2v) is 6.06. The number of esters is 4. The van der Waals surface area contributed by atoms with Crippen LogP contribution in [0.1, 0.15) is 39.7 Å². The average Bonchev–Trinajstić information content (AvgIpc) is 2.60. The van der Waals surface area contributed by atoms with Gasteiger partial charge in [-0.25, -0.2) is 0 Å². The first-order valence-electron chi connectivity index (χ1n) is 8.73. The zero-order valence-corrected chi connectivity index (χ0v) is 16.4. The summed E-state index contributed by atoms with van der Waals surface area (Å²) < 4.78 is 20.1. The quantitative estimate of drug-likeness (QED) is 0.485. The van der Waals surface area contributed by atoms with E-state index in [2.05, 4.69) is 0 Å². The first-order chi connectivity index (χ1) is 13.1. The zero-order chi connectivity index (χ0) is 21.3. The SMILES string of the molecule is CCC(=O)O[C@@H](C)COC(=O)[C@@H](N)Cc1ccc(OC(C)=O)c(OC(C)=O)c1. The summed E-state index contributed by atoms with van der Waals surface area (Å²) in [6.45, 7) is 5.58. The number of carbonyl (C=O) groups is 4. The molecule has 2 N–H and O–H groups in total. The fourth-order valence-electron chi connectivity index (χ4n) is 2.14. The molecule has 0 aliphatic rings. The lowest BCUT2D eigenvalue weighted by atomic mass is 10.1. The topological polar surface area (TPSA) is 131 Å². The molecule has 0 radical (unpaired) electrons. The number of benzene rings is 1. The van der Waals surface area contributed by atoms with Crippen molar-refractivity contribution in [2.24, 2.45) is 5.73 Å². The van der Waals surface area contributed by atoms with Crippen molar-refractivity contribution in [3.63, 3.8) is 0 Å². The molecule has 1 aromatic carbocycles. The molecule has 0 fully saturated rings. The molecule has 0 aliphatic carbocycles. The van der Waals surface area contributed by atoms with Crippen LogP contribution in [0.15, 0.2) is 18.2 Å². The zero-order valence-electron chi connectivity index (χ0n) is 16.4. The van der Waals surface area contributed by atoms with Crippen molar-refractivity contribution < 1.29 is 38.1 Å². The van der Waals surface area contributed by atoms with Gasteiger partial charge >= 0.3 is 23.9 Å². The largest absolute Gasteiger partial charge is 0.461 e. The second-order valence-electron chi connectivity index (χ2n) is 6.06. The minimum absolute atomic E-state index is 0.0425. The molecular formula is C19H25NO8. The van der Waals surface area contributed by atoms with Crippen LogP contribution in [0.4, 0.5) is 0 Å². The summed E-state index contributed by atoms with van der Waals surface area (Å²) in [5.41, 5.74) is 6.43. The first kappa shape index (κ1) is 23.1. The predicted molar refractivity (Wildman–Crippen MR) is 97.5 cm³/mol. The first-order valence-corrected chi connectivity index (χ1v) is 8.73. The van der Waals surface area contributed by atoms with Gasteiger partial charge in [0.15, 0.2) is 11.5 Å². The van der Waals surface area contributed by atoms with Gasteiger partial charge in [0, 0.05) is 20.3 Å². The Morgan fingerprint density at radius 2 is 1.64 bits per heavy atom. The molecule has 0 bridgehead atoms. The molecule has 0 heterocycles. The maximum absolute atomic E-state index is 12.0. The van der Waals surface area contributed by atoms with Crippen LogP contribution in [-0.4, -0.2) is 42.6 Å². The number of hydrogen-bond donors (Lipinski definition) is 1. The van der Waals surface area contributed by atoms with Crippen LogP contribution >= 0.6 is 0 Å². The summed E-state index contributed by atoms with van der Waals surface area (Å²) in [6.07, 6.45) is -0.260. The lowest BCUT2D eigenvalue weighted by Crippen LogP contribution is -2.36. The highest BCUT2D eigenvalue weighted by Crippen LogP contribution is 2.29. The fourth-order valence-corrected chi connectivity index (χ4v) is 2.14. The number of rotatable bonds is 9. The Bertz CT molecular complexity index is 731. The second kappa shape index (κ2) is 11.0. The fraction of sp³-hybridized carbons (Fsp3) is 0.474. The van der Waals surface area contributed by atoms with E-state index in [9.17, 15) is 19.2 Å². The molecule has 2 atom stereocenters. The lowest BCUT2D eigenvalue weighted by molar-refractivity contribution is -0.158. The third-order valence-corrected chi connectivity index (χ3v) is 3.36. The third kappa shape index (κ3) is 8.17. The van der Waals surface area contributed by atoms with Crippen LogP contribution in [0.2, 0.25) is 0 Å².